The third-order valence-corrected chi connectivity index (χ3v) is 5.74. The van der Waals surface area contributed by atoms with E-state index in [0.717, 1.165) is 40.8 Å². The summed E-state index contributed by atoms with van der Waals surface area (Å²) in [5, 5.41) is 12.3. The highest BCUT2D eigenvalue weighted by atomic mass is 16.5. The molecule has 3 aromatic rings. The molecule has 0 atom stereocenters. The predicted molar refractivity (Wildman–Crippen MR) is 116 cm³/mol. The van der Waals surface area contributed by atoms with Crippen LogP contribution >= 0.6 is 0 Å². The second-order valence-electron chi connectivity index (χ2n) is 7.68. The molecule has 0 bridgehead atoms. The average molecular weight is 401 g/mol. The number of carboxylic acids is 1. The third-order valence-electron chi connectivity index (χ3n) is 5.74. The number of hydrogen-bond donors (Lipinski definition) is 2. The summed E-state index contributed by atoms with van der Waals surface area (Å²) in [7, 11) is 1.62. The van der Waals surface area contributed by atoms with Crippen molar-refractivity contribution in [3.8, 4) is 16.9 Å². The van der Waals surface area contributed by atoms with E-state index in [9.17, 15) is 14.7 Å². The Morgan fingerprint density at radius 1 is 1.00 bits per heavy atom. The van der Waals surface area contributed by atoms with Crippen LogP contribution in [-0.4, -0.2) is 24.1 Å². The molecule has 0 saturated heterocycles. The summed E-state index contributed by atoms with van der Waals surface area (Å²) in [6, 6.07) is 20.2. The van der Waals surface area contributed by atoms with Crippen molar-refractivity contribution in [1.29, 1.82) is 0 Å². The zero-order valence-electron chi connectivity index (χ0n) is 16.9. The van der Waals surface area contributed by atoms with E-state index in [1.807, 2.05) is 55.5 Å². The number of amides is 1. The van der Waals surface area contributed by atoms with Crippen LogP contribution in [0.1, 0.15) is 34.3 Å². The lowest BCUT2D eigenvalue weighted by atomic mass is 9.94. The summed E-state index contributed by atoms with van der Waals surface area (Å²) in [6.45, 7) is 1.97. The van der Waals surface area contributed by atoms with Crippen molar-refractivity contribution in [2.45, 2.75) is 25.2 Å². The molecule has 1 fully saturated rings. The minimum Gasteiger partial charge on any atom is -0.497 e. The van der Waals surface area contributed by atoms with Crippen LogP contribution in [0.15, 0.2) is 66.7 Å². The van der Waals surface area contributed by atoms with Crippen molar-refractivity contribution in [3.63, 3.8) is 0 Å². The van der Waals surface area contributed by atoms with Gasteiger partial charge in [0.2, 0.25) is 5.91 Å². The van der Waals surface area contributed by atoms with E-state index in [1.165, 1.54) is 0 Å². The monoisotopic (exact) mass is 401 g/mol. The number of methoxy groups -OCH3 is 1. The van der Waals surface area contributed by atoms with Crippen LogP contribution in [0, 0.1) is 6.92 Å². The molecule has 0 unspecified atom stereocenters. The fraction of sp³-hybridized carbons (Fsp3) is 0.200. The molecule has 1 aliphatic carbocycles. The largest absolute Gasteiger partial charge is 0.497 e. The topological polar surface area (TPSA) is 75.6 Å². The van der Waals surface area contributed by atoms with Gasteiger partial charge in [0, 0.05) is 5.69 Å². The van der Waals surface area contributed by atoms with Gasteiger partial charge in [0.05, 0.1) is 18.1 Å². The number of benzene rings is 3. The van der Waals surface area contributed by atoms with Crippen LogP contribution in [0.2, 0.25) is 0 Å². The molecule has 4 rings (SSSR count). The first-order valence-electron chi connectivity index (χ1n) is 9.83. The van der Waals surface area contributed by atoms with Gasteiger partial charge in [-0.25, -0.2) is 4.79 Å². The van der Waals surface area contributed by atoms with Crippen molar-refractivity contribution in [2.24, 2.45) is 0 Å². The molecule has 152 valence electrons. The van der Waals surface area contributed by atoms with Crippen LogP contribution in [-0.2, 0) is 10.2 Å². The summed E-state index contributed by atoms with van der Waals surface area (Å²) >= 11 is 0. The van der Waals surface area contributed by atoms with Gasteiger partial charge in [-0.15, -0.1) is 0 Å². The SMILES string of the molecule is COc1ccc(C2(C(=O)Nc3ccc(C)c(-c4cccc(C(=O)O)c4)c3)CC2)cc1. The Morgan fingerprint density at radius 3 is 2.37 bits per heavy atom. The van der Waals surface area contributed by atoms with Crippen molar-refractivity contribution < 1.29 is 19.4 Å². The first-order valence-corrected chi connectivity index (χ1v) is 9.83. The van der Waals surface area contributed by atoms with Gasteiger partial charge in [-0.05, 0) is 78.4 Å². The molecule has 3 aromatic carbocycles. The summed E-state index contributed by atoms with van der Waals surface area (Å²) in [5.41, 5.74) is 4.12. The van der Waals surface area contributed by atoms with E-state index in [0.29, 0.717) is 5.69 Å². The number of aromatic carboxylic acids is 1. The molecule has 1 saturated carbocycles. The molecular formula is C25H23NO4. The quantitative estimate of drug-likeness (QED) is 0.607. The molecule has 30 heavy (non-hydrogen) atoms. The maximum absolute atomic E-state index is 13.1. The van der Waals surface area contributed by atoms with Gasteiger partial charge in [0.1, 0.15) is 5.75 Å². The number of carboxylic acid groups (broad SMARTS) is 1. The van der Waals surface area contributed by atoms with Crippen molar-refractivity contribution in [3.05, 3.63) is 83.4 Å². The number of rotatable bonds is 6. The minimum absolute atomic E-state index is 0.0262. The van der Waals surface area contributed by atoms with E-state index in [4.69, 9.17) is 4.74 Å². The van der Waals surface area contributed by atoms with E-state index >= 15 is 0 Å². The average Bonchev–Trinajstić information content (AvgIpc) is 3.57. The summed E-state index contributed by atoms with van der Waals surface area (Å²) < 4.78 is 5.21. The fourth-order valence-electron chi connectivity index (χ4n) is 3.76. The van der Waals surface area contributed by atoms with Crippen molar-refractivity contribution in [1.82, 2.24) is 0 Å². The Kier molecular flexibility index (Phi) is 5.04. The van der Waals surface area contributed by atoms with Gasteiger partial charge in [0.25, 0.3) is 0 Å². The zero-order valence-corrected chi connectivity index (χ0v) is 16.9. The summed E-state index contributed by atoms with van der Waals surface area (Å²) in [4.78, 5) is 24.4. The highest BCUT2D eigenvalue weighted by Gasteiger charge is 2.51. The van der Waals surface area contributed by atoms with Crippen molar-refractivity contribution >= 4 is 17.6 Å². The molecular weight excluding hydrogens is 378 g/mol. The van der Waals surface area contributed by atoms with Gasteiger partial charge < -0.3 is 15.2 Å². The highest BCUT2D eigenvalue weighted by Crippen LogP contribution is 2.49. The van der Waals surface area contributed by atoms with Crippen molar-refractivity contribution in [2.75, 3.05) is 12.4 Å². The summed E-state index contributed by atoms with van der Waals surface area (Å²) in [6.07, 6.45) is 1.62. The number of carbonyl (C=O) groups is 2. The number of anilines is 1. The summed E-state index contributed by atoms with van der Waals surface area (Å²) in [5.74, 6) is -0.224. The van der Waals surface area contributed by atoms with Crippen LogP contribution in [0.25, 0.3) is 11.1 Å². The Balaban J connectivity index is 1.59. The Morgan fingerprint density at radius 2 is 1.73 bits per heavy atom. The van der Waals surface area contributed by atoms with Gasteiger partial charge in [-0.2, -0.15) is 0 Å². The molecule has 1 amide bonds. The smallest absolute Gasteiger partial charge is 0.335 e. The Labute approximate surface area is 175 Å². The van der Waals surface area contributed by atoms with Gasteiger partial charge in [-0.3, -0.25) is 4.79 Å². The fourth-order valence-corrected chi connectivity index (χ4v) is 3.76. The standard InChI is InChI=1S/C25H23NO4/c1-16-6-9-20(15-22(16)17-4-3-5-18(14-17)23(27)28)26-24(29)25(12-13-25)19-7-10-21(30-2)11-8-19/h3-11,14-15H,12-13H2,1-2H3,(H,26,29)(H,27,28). The van der Waals surface area contributed by atoms with Crippen LogP contribution in [0.3, 0.4) is 0 Å². The number of nitrogens with one attached hydrogen (secondary N) is 1. The Bertz CT molecular complexity index is 1110. The van der Waals surface area contributed by atoms with Gasteiger partial charge in [-0.1, -0.05) is 30.3 Å². The molecule has 5 nitrogen and oxygen atoms in total. The number of carbonyl (C=O) groups excluding carboxylic acids is 1. The minimum atomic E-state index is -0.964. The second kappa shape index (κ2) is 7.67. The normalized spacial score (nSPS) is 14.1. The molecule has 0 aliphatic heterocycles. The molecule has 0 radical (unpaired) electrons. The van der Waals surface area contributed by atoms with Crippen LogP contribution in [0.5, 0.6) is 5.75 Å². The Hall–Kier alpha value is -3.60. The van der Waals surface area contributed by atoms with Crippen LogP contribution < -0.4 is 10.1 Å². The first kappa shape index (κ1) is 19.7. The lowest BCUT2D eigenvalue weighted by molar-refractivity contribution is -0.118. The van der Waals surface area contributed by atoms with Gasteiger partial charge in [0.15, 0.2) is 0 Å². The molecule has 0 heterocycles. The number of ether oxygens (including phenoxy) is 1. The van der Waals surface area contributed by atoms with E-state index < -0.39 is 11.4 Å². The maximum atomic E-state index is 13.1. The predicted octanol–water partition coefficient (Wildman–Crippen LogP) is 5.04. The van der Waals surface area contributed by atoms with E-state index in [1.54, 1.807) is 25.3 Å². The molecule has 0 spiro atoms. The van der Waals surface area contributed by atoms with Crippen LogP contribution in [0.4, 0.5) is 5.69 Å². The first-order chi connectivity index (χ1) is 14.4. The van der Waals surface area contributed by atoms with Gasteiger partial charge >= 0.3 is 5.97 Å². The highest BCUT2D eigenvalue weighted by molar-refractivity contribution is 6.02. The number of hydrogen-bond acceptors (Lipinski definition) is 3. The molecule has 0 aromatic heterocycles. The molecule has 2 N–H and O–H groups in total. The number of aryl methyl sites for hydroxylation is 1. The van der Waals surface area contributed by atoms with E-state index in [2.05, 4.69) is 5.32 Å². The zero-order chi connectivity index (χ0) is 21.3. The third kappa shape index (κ3) is 3.66. The lowest BCUT2D eigenvalue weighted by Gasteiger charge is -2.17. The lowest BCUT2D eigenvalue weighted by Crippen LogP contribution is -2.27. The second-order valence-corrected chi connectivity index (χ2v) is 7.68. The molecule has 1 aliphatic rings. The van der Waals surface area contributed by atoms with E-state index in [-0.39, 0.29) is 11.5 Å². The molecule has 5 heteroatoms. The maximum Gasteiger partial charge on any atom is 0.335 e.